The molecular weight excluding hydrogens is 550 g/mol. The highest BCUT2D eigenvalue weighted by Crippen LogP contribution is 2.38. The predicted octanol–water partition coefficient (Wildman–Crippen LogP) is 3.26. The van der Waals surface area contributed by atoms with Crippen molar-refractivity contribution in [2.75, 3.05) is 24.2 Å². The summed E-state index contributed by atoms with van der Waals surface area (Å²) in [5.74, 6) is -1.60. The molecule has 2 saturated heterocycles. The number of carbonyl (C=O) groups excluding carboxylic acids is 1. The van der Waals surface area contributed by atoms with Gasteiger partial charge in [0, 0.05) is 42.3 Å². The van der Waals surface area contributed by atoms with Crippen LogP contribution in [0, 0.1) is 17.6 Å². The monoisotopic (exact) mass is 590 g/mol. The van der Waals surface area contributed by atoms with Gasteiger partial charge in [0.05, 0.1) is 17.9 Å². The summed E-state index contributed by atoms with van der Waals surface area (Å²) in [6.45, 7) is 0.923. The van der Waals surface area contributed by atoms with Crippen LogP contribution < -0.4 is 16.4 Å². The normalized spacial score (nSPS) is 29.2. The smallest absolute Gasteiger partial charge is 0.241 e. The lowest BCUT2D eigenvalue weighted by atomic mass is 9.72. The molecule has 3 fully saturated rings. The van der Waals surface area contributed by atoms with Crippen LogP contribution >= 0.6 is 0 Å². The molecule has 8 nitrogen and oxygen atoms in total. The number of aliphatic hydroxyl groups excluding tert-OH is 1. The fourth-order valence-corrected chi connectivity index (χ4v) is 8.59. The maximum atomic E-state index is 15.1. The highest BCUT2D eigenvalue weighted by Gasteiger charge is 2.38. The molecule has 1 unspecified atom stereocenters. The fourth-order valence-electron chi connectivity index (χ4n) is 6.78. The molecule has 1 saturated carbocycles. The molecule has 2 heterocycles. The molecule has 224 valence electrons. The minimum atomic E-state index is -3.37. The third kappa shape index (κ3) is 6.97. The van der Waals surface area contributed by atoms with E-state index in [-0.39, 0.29) is 42.1 Å². The number of hydrogen-bond acceptors (Lipinski definition) is 6. The van der Waals surface area contributed by atoms with Crippen molar-refractivity contribution in [3.05, 3.63) is 65.2 Å². The Kier molecular flexibility index (Phi) is 9.40. The summed E-state index contributed by atoms with van der Waals surface area (Å²) >= 11 is 0. The number of carbonyl (C=O) groups is 1. The number of halogens is 2. The zero-order valence-corrected chi connectivity index (χ0v) is 24.0. The van der Waals surface area contributed by atoms with Crippen LogP contribution in [-0.2, 0) is 21.2 Å². The first-order valence-electron chi connectivity index (χ1n) is 14.6. The van der Waals surface area contributed by atoms with Gasteiger partial charge in [-0.15, -0.1) is 0 Å². The minimum Gasteiger partial charge on any atom is -0.393 e. The van der Waals surface area contributed by atoms with Gasteiger partial charge in [-0.1, -0.05) is 18.2 Å². The molecule has 3 aliphatic rings. The summed E-state index contributed by atoms with van der Waals surface area (Å²) in [5.41, 5.74) is 7.94. The number of amides is 1. The standard InChI is InChI=1S/C30H40F2N4O4S/c31-21-10-6-19(7-11-21)28(20-8-13-24(37)14-9-20)29(33)30(38)35-27-5-1-4-26(32)25(27)15-12-23-17-34-22-3-2-16-41(39,40)36(23)18-22/h1,4-7,10-11,20,22-24,28-29,34,37H,2-3,8-9,12-18,33H2,(H,35,38)/t20-,22-,23+,24-,28+,29+/m1/s1. The quantitative estimate of drug-likeness (QED) is 0.374. The Morgan fingerprint density at radius 3 is 2.56 bits per heavy atom. The molecule has 0 spiro atoms. The summed E-state index contributed by atoms with van der Waals surface area (Å²) in [5, 5.41) is 16.3. The number of anilines is 1. The third-order valence-electron chi connectivity index (χ3n) is 9.06. The topological polar surface area (TPSA) is 125 Å². The van der Waals surface area contributed by atoms with Crippen LogP contribution in [0.3, 0.4) is 0 Å². The average Bonchev–Trinajstić information content (AvgIpc) is 3.06. The summed E-state index contributed by atoms with van der Waals surface area (Å²) in [6, 6.07) is 9.31. The molecule has 1 amide bonds. The molecule has 5 rings (SSSR count). The number of rotatable bonds is 8. The van der Waals surface area contributed by atoms with Crippen LogP contribution in [0.25, 0.3) is 0 Å². The number of sulfonamides is 1. The van der Waals surface area contributed by atoms with Gasteiger partial charge in [-0.3, -0.25) is 4.79 Å². The van der Waals surface area contributed by atoms with E-state index in [1.807, 2.05) is 0 Å². The first kappa shape index (κ1) is 30.0. The van der Waals surface area contributed by atoms with Crippen LogP contribution in [0.15, 0.2) is 42.5 Å². The van der Waals surface area contributed by atoms with Gasteiger partial charge in [0.15, 0.2) is 0 Å². The number of hydrogen-bond donors (Lipinski definition) is 4. The highest BCUT2D eigenvalue weighted by atomic mass is 32.2. The Bertz CT molecular complexity index is 1320. The number of piperazine rings is 1. The Morgan fingerprint density at radius 1 is 1.10 bits per heavy atom. The van der Waals surface area contributed by atoms with Gasteiger partial charge in [0.2, 0.25) is 15.9 Å². The van der Waals surface area contributed by atoms with E-state index in [4.69, 9.17) is 5.73 Å². The molecule has 5 N–H and O–H groups in total. The van der Waals surface area contributed by atoms with Crippen molar-refractivity contribution >= 4 is 21.6 Å². The van der Waals surface area contributed by atoms with E-state index in [2.05, 4.69) is 10.6 Å². The second kappa shape index (κ2) is 12.8. The predicted molar refractivity (Wildman–Crippen MR) is 154 cm³/mol. The first-order valence-corrected chi connectivity index (χ1v) is 16.2. The van der Waals surface area contributed by atoms with E-state index in [1.54, 1.807) is 22.5 Å². The van der Waals surface area contributed by atoms with E-state index >= 15 is 4.39 Å². The molecule has 0 radical (unpaired) electrons. The minimum absolute atomic E-state index is 0.0230. The van der Waals surface area contributed by atoms with Crippen molar-refractivity contribution in [2.45, 2.75) is 81.5 Å². The third-order valence-corrected chi connectivity index (χ3v) is 11.0. The van der Waals surface area contributed by atoms with E-state index in [0.29, 0.717) is 62.9 Å². The lowest BCUT2D eigenvalue weighted by molar-refractivity contribution is -0.118. The Labute approximate surface area is 240 Å². The van der Waals surface area contributed by atoms with Gasteiger partial charge in [-0.25, -0.2) is 17.2 Å². The van der Waals surface area contributed by atoms with Crippen LogP contribution in [0.4, 0.5) is 14.5 Å². The van der Waals surface area contributed by atoms with E-state index in [1.165, 1.54) is 24.3 Å². The molecule has 2 aromatic rings. The van der Waals surface area contributed by atoms with E-state index < -0.39 is 33.7 Å². The van der Waals surface area contributed by atoms with Crippen molar-refractivity contribution < 1.29 is 27.1 Å². The van der Waals surface area contributed by atoms with Gasteiger partial charge in [0.1, 0.15) is 11.6 Å². The molecule has 2 aliphatic heterocycles. The number of nitrogens with zero attached hydrogens (tertiary/aromatic N) is 1. The largest absolute Gasteiger partial charge is 0.393 e. The van der Waals surface area contributed by atoms with Gasteiger partial charge in [-0.05, 0) is 87.1 Å². The number of fused-ring (bicyclic) bond motifs is 2. The maximum absolute atomic E-state index is 15.1. The molecule has 2 aromatic carbocycles. The van der Waals surface area contributed by atoms with E-state index in [9.17, 15) is 22.7 Å². The zero-order chi connectivity index (χ0) is 29.1. The molecule has 41 heavy (non-hydrogen) atoms. The second-order valence-electron chi connectivity index (χ2n) is 11.8. The van der Waals surface area contributed by atoms with Crippen LogP contribution in [0.5, 0.6) is 0 Å². The molecule has 1 aliphatic carbocycles. The maximum Gasteiger partial charge on any atom is 0.241 e. The number of benzene rings is 2. The summed E-state index contributed by atoms with van der Waals surface area (Å²) in [4.78, 5) is 13.6. The van der Waals surface area contributed by atoms with Crippen molar-refractivity contribution in [1.82, 2.24) is 9.62 Å². The highest BCUT2D eigenvalue weighted by molar-refractivity contribution is 7.89. The van der Waals surface area contributed by atoms with Crippen LogP contribution in [0.1, 0.15) is 62.0 Å². The zero-order valence-electron chi connectivity index (χ0n) is 23.1. The van der Waals surface area contributed by atoms with Gasteiger partial charge in [-0.2, -0.15) is 4.31 Å². The second-order valence-corrected chi connectivity index (χ2v) is 13.8. The number of nitrogens with two attached hydrogens (primary N) is 1. The van der Waals surface area contributed by atoms with Crippen LogP contribution in [0.2, 0.25) is 0 Å². The SMILES string of the molecule is N[C@H](C(=O)Nc1cccc(F)c1CC[C@H]1CN[C@@H]2CCCS(=O)(=O)N1C2)[C@@H](c1ccc(F)cc1)[C@H]1CC[C@H](O)CC1. The van der Waals surface area contributed by atoms with Crippen molar-refractivity contribution in [3.8, 4) is 0 Å². The Balaban J connectivity index is 1.32. The van der Waals surface area contributed by atoms with Crippen molar-refractivity contribution in [1.29, 1.82) is 0 Å². The molecule has 5 atom stereocenters. The fraction of sp³-hybridized carbons (Fsp3) is 0.567. The summed E-state index contributed by atoms with van der Waals surface area (Å²) in [6.07, 6.45) is 4.27. The Morgan fingerprint density at radius 2 is 1.83 bits per heavy atom. The molecular formula is C30H40F2N4O4S. The lowest BCUT2D eigenvalue weighted by Crippen LogP contribution is -2.57. The first-order chi connectivity index (χ1) is 19.6. The van der Waals surface area contributed by atoms with Crippen molar-refractivity contribution in [3.63, 3.8) is 0 Å². The van der Waals surface area contributed by atoms with Gasteiger partial charge in [0.25, 0.3) is 0 Å². The average molecular weight is 591 g/mol. The number of aliphatic hydroxyl groups is 1. The lowest BCUT2D eigenvalue weighted by Gasteiger charge is -2.37. The number of nitrogens with one attached hydrogen (secondary N) is 2. The summed E-state index contributed by atoms with van der Waals surface area (Å²) < 4.78 is 56.1. The Hall–Kier alpha value is -2.44. The summed E-state index contributed by atoms with van der Waals surface area (Å²) in [7, 11) is -3.37. The molecule has 0 aromatic heterocycles. The van der Waals surface area contributed by atoms with Gasteiger partial charge >= 0.3 is 0 Å². The molecule has 2 bridgehead atoms. The van der Waals surface area contributed by atoms with E-state index in [0.717, 1.165) is 12.0 Å². The molecule has 11 heteroatoms. The van der Waals surface area contributed by atoms with Crippen molar-refractivity contribution in [2.24, 2.45) is 11.7 Å². The van der Waals surface area contributed by atoms with Crippen LogP contribution in [-0.4, -0.2) is 66.8 Å². The van der Waals surface area contributed by atoms with Gasteiger partial charge < -0.3 is 21.5 Å².